The molecule has 0 radical (unpaired) electrons. The minimum absolute atomic E-state index is 0.578. The van der Waals surface area contributed by atoms with Crippen LogP contribution in [-0.4, -0.2) is 15.2 Å². The Hall–Kier alpha value is -0.130. The maximum atomic E-state index is 5.90. The lowest BCUT2D eigenvalue weighted by atomic mass is 10.4. The van der Waals surface area contributed by atoms with E-state index in [1.165, 1.54) is 0 Å². The third-order valence-electron chi connectivity index (χ3n) is 1.39. The average Bonchev–Trinajstić information content (AvgIpc) is 2.33. The molecule has 2 heterocycles. The Morgan fingerprint density at radius 2 is 2.08 bits per heavy atom. The zero-order chi connectivity index (χ0) is 8.72. The molecular formula is C6H2Br2ClN3. The van der Waals surface area contributed by atoms with Crippen molar-refractivity contribution in [2.75, 3.05) is 0 Å². The molecule has 0 bridgehead atoms. The number of nitrogens with one attached hydrogen (secondary N) is 1. The number of H-pyrrole nitrogens is 1. The summed E-state index contributed by atoms with van der Waals surface area (Å²) >= 11 is 12.4. The van der Waals surface area contributed by atoms with E-state index in [4.69, 9.17) is 11.6 Å². The number of fused-ring (bicyclic) bond motifs is 1. The number of hydrogen-bond acceptors (Lipinski definition) is 2. The van der Waals surface area contributed by atoms with Gasteiger partial charge in [0.25, 0.3) is 0 Å². The summed E-state index contributed by atoms with van der Waals surface area (Å²) < 4.78 is 1.43. The summed E-state index contributed by atoms with van der Waals surface area (Å²) in [5, 5.41) is 7.29. The van der Waals surface area contributed by atoms with Gasteiger partial charge in [-0.2, -0.15) is 5.10 Å². The molecule has 0 aliphatic rings. The molecular weight excluding hydrogens is 309 g/mol. The molecule has 0 aliphatic carbocycles. The van der Waals surface area contributed by atoms with E-state index in [1.807, 2.05) is 0 Å². The maximum absolute atomic E-state index is 5.90. The normalized spacial score (nSPS) is 10.9. The molecule has 0 aliphatic heterocycles. The van der Waals surface area contributed by atoms with Gasteiger partial charge in [0.05, 0.1) is 5.02 Å². The van der Waals surface area contributed by atoms with Crippen molar-refractivity contribution in [1.29, 1.82) is 0 Å². The minimum Gasteiger partial charge on any atom is -0.269 e. The van der Waals surface area contributed by atoms with Crippen molar-refractivity contribution in [2.24, 2.45) is 0 Å². The Balaban J connectivity index is 2.92. The number of pyridine rings is 1. The molecule has 0 unspecified atom stereocenters. The summed E-state index contributed by atoms with van der Waals surface area (Å²) in [7, 11) is 0. The van der Waals surface area contributed by atoms with Crippen LogP contribution in [0.4, 0.5) is 0 Å². The van der Waals surface area contributed by atoms with E-state index in [-0.39, 0.29) is 0 Å². The minimum atomic E-state index is 0.578. The van der Waals surface area contributed by atoms with Crippen LogP contribution >= 0.6 is 43.5 Å². The lowest BCUT2D eigenvalue weighted by Crippen LogP contribution is -1.78. The van der Waals surface area contributed by atoms with E-state index in [0.717, 1.165) is 10.1 Å². The number of nitrogens with zero attached hydrogens (tertiary/aromatic N) is 2. The molecule has 1 N–H and O–H groups in total. The van der Waals surface area contributed by atoms with E-state index < -0.39 is 0 Å². The molecule has 0 amide bonds. The van der Waals surface area contributed by atoms with Crippen LogP contribution in [0.1, 0.15) is 0 Å². The number of aromatic nitrogens is 3. The van der Waals surface area contributed by atoms with Crippen molar-refractivity contribution >= 4 is 54.5 Å². The zero-order valence-electron chi connectivity index (χ0n) is 5.61. The van der Waals surface area contributed by atoms with Crippen LogP contribution in [0.5, 0.6) is 0 Å². The van der Waals surface area contributed by atoms with Crippen molar-refractivity contribution in [2.45, 2.75) is 0 Å². The first-order valence-corrected chi connectivity index (χ1v) is 5.00. The smallest absolute Gasteiger partial charge is 0.130 e. The van der Waals surface area contributed by atoms with E-state index in [0.29, 0.717) is 15.1 Å². The number of aromatic amines is 1. The fraction of sp³-hybridized carbons (Fsp3) is 0. The first kappa shape index (κ1) is 8.47. The number of hydrogen-bond donors (Lipinski definition) is 1. The number of halogens is 3. The highest BCUT2D eigenvalue weighted by Gasteiger charge is 2.08. The molecule has 3 nitrogen and oxygen atoms in total. The predicted octanol–water partition coefficient (Wildman–Crippen LogP) is 3.14. The summed E-state index contributed by atoms with van der Waals surface area (Å²) in [6, 6.07) is 1.71. The van der Waals surface area contributed by atoms with E-state index in [2.05, 4.69) is 47.0 Å². The molecule has 0 saturated heterocycles. The predicted molar refractivity (Wildman–Crippen MR) is 54.3 cm³/mol. The highest BCUT2D eigenvalue weighted by atomic mass is 79.9. The van der Waals surface area contributed by atoms with Crippen LogP contribution < -0.4 is 0 Å². The third-order valence-corrected chi connectivity index (χ3v) is 2.64. The van der Waals surface area contributed by atoms with Gasteiger partial charge in [-0.1, -0.05) is 11.6 Å². The van der Waals surface area contributed by atoms with Crippen LogP contribution in [-0.2, 0) is 0 Å². The van der Waals surface area contributed by atoms with Crippen LogP contribution in [0.25, 0.3) is 11.0 Å². The topological polar surface area (TPSA) is 41.6 Å². The fourth-order valence-electron chi connectivity index (χ4n) is 0.895. The Bertz CT molecular complexity index is 440. The summed E-state index contributed by atoms with van der Waals surface area (Å²) in [5.41, 5.74) is 1.40. The van der Waals surface area contributed by atoms with Crippen molar-refractivity contribution in [1.82, 2.24) is 15.2 Å². The quantitative estimate of drug-likeness (QED) is 0.760. The second kappa shape index (κ2) is 2.97. The van der Waals surface area contributed by atoms with Gasteiger partial charge in [-0.15, -0.1) is 0 Å². The van der Waals surface area contributed by atoms with Crippen molar-refractivity contribution in [3.8, 4) is 0 Å². The Kier molecular flexibility index (Phi) is 2.10. The molecule has 0 fully saturated rings. The molecule has 0 saturated carbocycles. The van der Waals surface area contributed by atoms with Gasteiger partial charge in [-0.25, -0.2) is 4.98 Å². The standard InChI is InChI=1S/C6H2Br2ClN3/c7-3-1-2(9)4-5(10-3)6(8)12-11-4/h1H,(H,11,12). The SMILES string of the molecule is Clc1cc(Br)nc2c(Br)[nH]nc12. The van der Waals surface area contributed by atoms with Gasteiger partial charge in [0.2, 0.25) is 0 Å². The van der Waals surface area contributed by atoms with Crippen molar-refractivity contribution in [3.05, 3.63) is 20.3 Å². The average molecular weight is 311 g/mol. The van der Waals surface area contributed by atoms with Gasteiger partial charge >= 0.3 is 0 Å². The molecule has 12 heavy (non-hydrogen) atoms. The molecule has 2 rings (SSSR count). The molecule has 62 valence electrons. The van der Waals surface area contributed by atoms with Crippen molar-refractivity contribution in [3.63, 3.8) is 0 Å². The van der Waals surface area contributed by atoms with Gasteiger partial charge in [-0.05, 0) is 37.9 Å². The van der Waals surface area contributed by atoms with Gasteiger partial charge in [0.15, 0.2) is 0 Å². The van der Waals surface area contributed by atoms with Crippen LogP contribution in [0.15, 0.2) is 15.3 Å². The lowest BCUT2D eigenvalue weighted by molar-refractivity contribution is 1.10. The summed E-state index contributed by atoms with van der Waals surface area (Å²) in [6.07, 6.45) is 0. The first-order valence-electron chi connectivity index (χ1n) is 3.04. The monoisotopic (exact) mass is 309 g/mol. The third kappa shape index (κ3) is 1.26. The summed E-state index contributed by atoms with van der Waals surface area (Å²) in [6.45, 7) is 0. The highest BCUT2D eigenvalue weighted by Crippen LogP contribution is 2.27. The van der Waals surface area contributed by atoms with E-state index in [9.17, 15) is 0 Å². The van der Waals surface area contributed by atoms with Gasteiger partial charge in [0.1, 0.15) is 20.2 Å². The second-order valence-corrected chi connectivity index (χ2v) is 4.17. The van der Waals surface area contributed by atoms with E-state index in [1.54, 1.807) is 6.07 Å². The summed E-state index contributed by atoms with van der Waals surface area (Å²) in [5.74, 6) is 0. The lowest BCUT2D eigenvalue weighted by Gasteiger charge is -1.92. The number of rotatable bonds is 0. The highest BCUT2D eigenvalue weighted by molar-refractivity contribution is 9.10. The summed E-state index contributed by atoms with van der Waals surface area (Å²) in [4.78, 5) is 4.19. The first-order chi connectivity index (χ1) is 5.68. The van der Waals surface area contributed by atoms with Crippen LogP contribution in [0.2, 0.25) is 5.02 Å². The van der Waals surface area contributed by atoms with Gasteiger partial charge in [0, 0.05) is 0 Å². The molecule has 0 aromatic carbocycles. The Morgan fingerprint density at radius 3 is 2.83 bits per heavy atom. The maximum Gasteiger partial charge on any atom is 0.130 e. The molecule has 6 heteroatoms. The molecule has 0 atom stereocenters. The molecule has 0 spiro atoms. The van der Waals surface area contributed by atoms with Crippen LogP contribution in [0, 0.1) is 0 Å². The van der Waals surface area contributed by atoms with Crippen molar-refractivity contribution < 1.29 is 0 Å². The fourth-order valence-corrected chi connectivity index (χ4v) is 2.03. The molecule has 2 aromatic heterocycles. The van der Waals surface area contributed by atoms with E-state index >= 15 is 0 Å². The molecule has 2 aromatic rings. The van der Waals surface area contributed by atoms with Gasteiger partial charge in [-0.3, -0.25) is 5.10 Å². The van der Waals surface area contributed by atoms with Crippen LogP contribution in [0.3, 0.4) is 0 Å². The van der Waals surface area contributed by atoms with Gasteiger partial charge < -0.3 is 0 Å². The Labute approximate surface area is 89.8 Å². The zero-order valence-corrected chi connectivity index (χ0v) is 9.53. The largest absolute Gasteiger partial charge is 0.269 e. The second-order valence-electron chi connectivity index (χ2n) is 2.16. The Morgan fingerprint density at radius 1 is 1.33 bits per heavy atom.